The van der Waals surface area contributed by atoms with Gasteiger partial charge in [0.05, 0.1) is 29.1 Å². The highest BCUT2D eigenvalue weighted by Gasteiger charge is 2.36. The summed E-state index contributed by atoms with van der Waals surface area (Å²) in [6.07, 6.45) is 2.30. The second-order valence-corrected chi connectivity index (χ2v) is 8.16. The predicted octanol–water partition coefficient (Wildman–Crippen LogP) is 4.54. The number of hydrogen-bond acceptors (Lipinski definition) is 6. The van der Waals surface area contributed by atoms with Gasteiger partial charge < -0.3 is 14.2 Å². The molecule has 33 heavy (non-hydrogen) atoms. The first-order valence-corrected chi connectivity index (χ1v) is 11.7. The molecule has 0 radical (unpaired) electrons. The molecule has 174 valence electrons. The Morgan fingerprint density at radius 3 is 2.30 bits per heavy atom. The van der Waals surface area contributed by atoms with Crippen molar-refractivity contribution < 1.29 is 28.6 Å². The lowest BCUT2D eigenvalue weighted by molar-refractivity contribution is -0.122. The number of ether oxygens (including phenoxy) is 3. The molecular formula is C24H25IN2O6. The van der Waals surface area contributed by atoms with Gasteiger partial charge in [-0.15, -0.1) is 0 Å². The second kappa shape index (κ2) is 11.2. The fraction of sp³-hybridized carbons (Fsp3) is 0.292. The fourth-order valence-electron chi connectivity index (χ4n) is 3.19. The van der Waals surface area contributed by atoms with Gasteiger partial charge >= 0.3 is 6.03 Å². The summed E-state index contributed by atoms with van der Waals surface area (Å²) in [6, 6.07) is 9.22. The SMILES string of the molecule is CCCOc1ccc(N2C(=O)NC(=O)/C(=C/c3cc(I)c(OCC)c(OCC)c3)C2=O)cc1. The first-order chi connectivity index (χ1) is 15.9. The summed E-state index contributed by atoms with van der Waals surface area (Å²) in [6.45, 7) is 7.19. The molecule has 1 aliphatic heterocycles. The van der Waals surface area contributed by atoms with Crippen LogP contribution in [0, 0.1) is 3.57 Å². The smallest absolute Gasteiger partial charge is 0.335 e. The lowest BCUT2D eigenvalue weighted by Gasteiger charge is -2.26. The average molecular weight is 564 g/mol. The fourth-order valence-corrected chi connectivity index (χ4v) is 3.97. The molecule has 0 aromatic heterocycles. The minimum absolute atomic E-state index is 0.164. The van der Waals surface area contributed by atoms with Gasteiger partial charge in [-0.05, 0) is 90.9 Å². The van der Waals surface area contributed by atoms with E-state index in [2.05, 4.69) is 27.9 Å². The summed E-state index contributed by atoms with van der Waals surface area (Å²) in [5.74, 6) is 0.268. The lowest BCUT2D eigenvalue weighted by Crippen LogP contribution is -2.54. The second-order valence-electron chi connectivity index (χ2n) is 7.00. The number of amides is 4. The molecule has 4 amide bonds. The Morgan fingerprint density at radius 2 is 1.67 bits per heavy atom. The number of anilines is 1. The molecule has 1 aliphatic rings. The number of urea groups is 1. The molecule has 0 saturated carbocycles. The molecule has 2 aromatic carbocycles. The van der Waals surface area contributed by atoms with Gasteiger partial charge in [-0.2, -0.15) is 0 Å². The molecule has 0 unspecified atom stereocenters. The Hall–Kier alpha value is -3.08. The van der Waals surface area contributed by atoms with Crippen molar-refractivity contribution in [1.82, 2.24) is 5.32 Å². The number of benzene rings is 2. The quantitative estimate of drug-likeness (QED) is 0.273. The van der Waals surface area contributed by atoms with Gasteiger partial charge in [0.15, 0.2) is 11.5 Å². The number of imide groups is 2. The number of barbiturate groups is 1. The third-order valence-electron chi connectivity index (χ3n) is 4.60. The van der Waals surface area contributed by atoms with Gasteiger partial charge in [0.25, 0.3) is 11.8 Å². The van der Waals surface area contributed by atoms with E-state index < -0.39 is 17.8 Å². The Labute approximate surface area is 206 Å². The van der Waals surface area contributed by atoms with Crippen LogP contribution in [0.25, 0.3) is 6.08 Å². The van der Waals surface area contributed by atoms with Crippen molar-refractivity contribution in [2.75, 3.05) is 24.7 Å². The van der Waals surface area contributed by atoms with Crippen LogP contribution in [0.4, 0.5) is 10.5 Å². The van der Waals surface area contributed by atoms with Crippen LogP contribution in [0.5, 0.6) is 17.2 Å². The van der Waals surface area contributed by atoms with E-state index in [1.165, 1.54) is 6.08 Å². The molecule has 8 nitrogen and oxygen atoms in total. The van der Waals surface area contributed by atoms with Crippen molar-refractivity contribution in [3.63, 3.8) is 0 Å². The average Bonchev–Trinajstić information content (AvgIpc) is 2.78. The van der Waals surface area contributed by atoms with Gasteiger partial charge in [-0.25, -0.2) is 9.69 Å². The van der Waals surface area contributed by atoms with Crippen LogP contribution < -0.4 is 24.4 Å². The Balaban J connectivity index is 1.95. The van der Waals surface area contributed by atoms with Crippen LogP contribution in [0.3, 0.4) is 0 Å². The van der Waals surface area contributed by atoms with Gasteiger partial charge in [-0.1, -0.05) is 6.92 Å². The van der Waals surface area contributed by atoms with Gasteiger partial charge in [-0.3, -0.25) is 14.9 Å². The van der Waals surface area contributed by atoms with Crippen molar-refractivity contribution in [1.29, 1.82) is 0 Å². The van der Waals surface area contributed by atoms with Crippen LogP contribution in [-0.4, -0.2) is 37.7 Å². The molecular weight excluding hydrogens is 539 g/mol. The summed E-state index contributed by atoms with van der Waals surface area (Å²) in [5.41, 5.74) is 0.738. The highest BCUT2D eigenvalue weighted by molar-refractivity contribution is 14.1. The van der Waals surface area contributed by atoms with E-state index in [4.69, 9.17) is 14.2 Å². The summed E-state index contributed by atoms with van der Waals surface area (Å²) in [5, 5.41) is 2.23. The summed E-state index contributed by atoms with van der Waals surface area (Å²) < 4.78 is 17.7. The molecule has 1 fully saturated rings. The normalized spacial score (nSPS) is 15.0. The Kier molecular flexibility index (Phi) is 8.32. The van der Waals surface area contributed by atoms with Crippen LogP contribution in [0.1, 0.15) is 32.8 Å². The maximum Gasteiger partial charge on any atom is 0.335 e. The molecule has 0 atom stereocenters. The van der Waals surface area contributed by atoms with Crippen LogP contribution in [0.2, 0.25) is 0 Å². The van der Waals surface area contributed by atoms with E-state index in [-0.39, 0.29) is 5.57 Å². The van der Waals surface area contributed by atoms with Gasteiger partial charge in [0, 0.05) is 0 Å². The maximum absolute atomic E-state index is 13.2. The number of hydrogen-bond donors (Lipinski definition) is 1. The highest BCUT2D eigenvalue weighted by atomic mass is 127. The van der Waals surface area contributed by atoms with Gasteiger partial charge in [0.1, 0.15) is 11.3 Å². The van der Waals surface area contributed by atoms with Crippen molar-refractivity contribution in [2.45, 2.75) is 27.2 Å². The molecule has 2 aromatic rings. The molecule has 1 heterocycles. The van der Waals surface area contributed by atoms with Gasteiger partial charge in [0.2, 0.25) is 0 Å². The molecule has 0 aliphatic carbocycles. The third kappa shape index (κ3) is 5.65. The summed E-state index contributed by atoms with van der Waals surface area (Å²) >= 11 is 2.11. The van der Waals surface area contributed by atoms with E-state index in [1.807, 2.05) is 20.8 Å². The Bertz CT molecular complexity index is 1080. The van der Waals surface area contributed by atoms with Crippen molar-refractivity contribution in [3.8, 4) is 17.2 Å². The number of rotatable bonds is 9. The van der Waals surface area contributed by atoms with Crippen LogP contribution in [-0.2, 0) is 9.59 Å². The van der Waals surface area contributed by atoms with E-state index in [1.54, 1.807) is 36.4 Å². The lowest BCUT2D eigenvalue weighted by atomic mass is 10.1. The topological polar surface area (TPSA) is 94.2 Å². The van der Waals surface area contributed by atoms with Crippen LogP contribution in [0.15, 0.2) is 42.0 Å². The molecule has 1 saturated heterocycles. The zero-order chi connectivity index (χ0) is 24.0. The van der Waals surface area contributed by atoms with Crippen LogP contribution >= 0.6 is 22.6 Å². The molecule has 0 bridgehead atoms. The van der Waals surface area contributed by atoms with E-state index in [0.717, 1.165) is 14.9 Å². The summed E-state index contributed by atoms with van der Waals surface area (Å²) in [7, 11) is 0. The first kappa shape index (κ1) is 24.6. The first-order valence-electron chi connectivity index (χ1n) is 10.6. The minimum atomic E-state index is -0.805. The summed E-state index contributed by atoms with van der Waals surface area (Å²) in [4.78, 5) is 39.1. The number of carbonyl (C=O) groups is 3. The molecule has 3 rings (SSSR count). The predicted molar refractivity (Wildman–Crippen MR) is 133 cm³/mol. The Morgan fingerprint density at radius 1 is 0.970 bits per heavy atom. The zero-order valence-electron chi connectivity index (χ0n) is 18.6. The number of nitrogens with zero attached hydrogens (tertiary/aromatic N) is 1. The monoisotopic (exact) mass is 564 g/mol. The third-order valence-corrected chi connectivity index (χ3v) is 5.40. The van der Waals surface area contributed by atoms with Crippen molar-refractivity contribution in [3.05, 3.63) is 51.1 Å². The highest BCUT2D eigenvalue weighted by Crippen LogP contribution is 2.35. The van der Waals surface area contributed by atoms with E-state index in [0.29, 0.717) is 48.3 Å². The molecule has 1 N–H and O–H groups in total. The standard InChI is InChI=1S/C24H25IN2O6/c1-4-11-33-17-9-7-16(8-10-17)27-23(29)18(22(28)26-24(27)30)12-15-13-19(25)21(32-6-3)20(14-15)31-5-2/h7-10,12-14H,4-6,11H2,1-3H3,(H,26,28,30)/b18-12-. The maximum atomic E-state index is 13.2. The number of nitrogens with one attached hydrogen (secondary N) is 1. The molecule has 9 heteroatoms. The minimum Gasteiger partial charge on any atom is -0.494 e. The van der Waals surface area contributed by atoms with Crippen molar-refractivity contribution in [2.24, 2.45) is 0 Å². The largest absolute Gasteiger partial charge is 0.494 e. The number of carbonyl (C=O) groups excluding carboxylic acids is 3. The van der Waals surface area contributed by atoms with E-state index in [9.17, 15) is 14.4 Å². The van der Waals surface area contributed by atoms with E-state index >= 15 is 0 Å². The molecule has 0 spiro atoms. The zero-order valence-corrected chi connectivity index (χ0v) is 20.8. The van der Waals surface area contributed by atoms with Crippen molar-refractivity contribution >= 4 is 52.2 Å². The number of halogens is 1.